The third-order valence-corrected chi connectivity index (χ3v) is 5.35. The second-order valence-corrected chi connectivity index (χ2v) is 8.91. The molecular weight excluding hydrogens is 256 g/mol. The largest absolute Gasteiger partial charge is 0.314 e. The molecule has 1 unspecified atom stereocenters. The van der Waals surface area contributed by atoms with Crippen molar-refractivity contribution in [3.63, 3.8) is 0 Å². The maximum absolute atomic E-state index is 3.67. The molecule has 0 bridgehead atoms. The number of hydrogen-bond donors (Lipinski definition) is 1. The second-order valence-electron chi connectivity index (χ2n) is 8.91. The van der Waals surface area contributed by atoms with Crippen LogP contribution in [0.4, 0.5) is 0 Å². The van der Waals surface area contributed by atoms with Crippen LogP contribution in [0.15, 0.2) is 0 Å². The number of rotatable bonds is 8. The van der Waals surface area contributed by atoms with Gasteiger partial charge in [0, 0.05) is 25.2 Å². The van der Waals surface area contributed by atoms with Gasteiger partial charge in [0.1, 0.15) is 0 Å². The fourth-order valence-corrected chi connectivity index (χ4v) is 3.83. The average Bonchev–Trinajstić information content (AvgIpc) is 2.36. The number of nitrogens with one attached hydrogen (secondary N) is 1. The molecule has 0 aliphatic heterocycles. The number of hydrogen-bond acceptors (Lipinski definition) is 2. The summed E-state index contributed by atoms with van der Waals surface area (Å²) in [6.07, 6.45) is 8.12. The van der Waals surface area contributed by atoms with E-state index in [0.717, 1.165) is 12.6 Å². The highest BCUT2D eigenvalue weighted by molar-refractivity contribution is 4.87. The van der Waals surface area contributed by atoms with E-state index in [9.17, 15) is 0 Å². The first-order valence-electron chi connectivity index (χ1n) is 9.11. The summed E-state index contributed by atoms with van der Waals surface area (Å²) >= 11 is 0. The topological polar surface area (TPSA) is 15.3 Å². The van der Waals surface area contributed by atoms with Crippen LogP contribution in [0, 0.1) is 10.8 Å². The lowest BCUT2D eigenvalue weighted by Crippen LogP contribution is -2.47. The highest BCUT2D eigenvalue weighted by atomic mass is 15.1. The van der Waals surface area contributed by atoms with Crippen LogP contribution in [-0.4, -0.2) is 37.1 Å². The summed E-state index contributed by atoms with van der Waals surface area (Å²) in [5.74, 6) is 0. The standard InChI is InChI=1S/C19H40N2/c1-8-11-19(6,14-20-16(2)3)15-21(7)17-9-12-18(4,5)13-10-17/h16-17,20H,8-15H2,1-7H3. The Kier molecular flexibility index (Phi) is 7.19. The van der Waals surface area contributed by atoms with Crippen LogP contribution in [0.25, 0.3) is 0 Å². The Bertz CT molecular complexity index is 288. The molecule has 1 aliphatic carbocycles. The fourth-order valence-electron chi connectivity index (χ4n) is 3.83. The van der Waals surface area contributed by atoms with Gasteiger partial charge in [-0.05, 0) is 50.0 Å². The van der Waals surface area contributed by atoms with Gasteiger partial charge in [0.05, 0.1) is 0 Å². The first-order chi connectivity index (χ1) is 9.67. The molecule has 1 atom stereocenters. The van der Waals surface area contributed by atoms with Crippen LogP contribution in [-0.2, 0) is 0 Å². The van der Waals surface area contributed by atoms with Crippen LogP contribution in [0.5, 0.6) is 0 Å². The van der Waals surface area contributed by atoms with E-state index in [1.807, 2.05) is 0 Å². The van der Waals surface area contributed by atoms with E-state index >= 15 is 0 Å². The minimum absolute atomic E-state index is 0.404. The van der Waals surface area contributed by atoms with Crippen LogP contribution < -0.4 is 5.32 Å². The minimum atomic E-state index is 0.404. The van der Waals surface area contributed by atoms with E-state index in [-0.39, 0.29) is 0 Å². The molecule has 1 aliphatic rings. The molecule has 1 rings (SSSR count). The Morgan fingerprint density at radius 3 is 2.29 bits per heavy atom. The zero-order valence-corrected chi connectivity index (χ0v) is 15.8. The monoisotopic (exact) mass is 296 g/mol. The lowest BCUT2D eigenvalue weighted by Gasteiger charge is -2.42. The molecule has 1 fully saturated rings. The van der Waals surface area contributed by atoms with Crippen LogP contribution in [0.2, 0.25) is 0 Å². The van der Waals surface area contributed by atoms with Gasteiger partial charge in [0.15, 0.2) is 0 Å². The molecule has 0 spiro atoms. The Morgan fingerprint density at radius 2 is 1.81 bits per heavy atom. The van der Waals surface area contributed by atoms with E-state index < -0.39 is 0 Å². The molecule has 0 amide bonds. The zero-order chi connectivity index (χ0) is 16.1. The average molecular weight is 297 g/mol. The van der Waals surface area contributed by atoms with Gasteiger partial charge in [-0.2, -0.15) is 0 Å². The van der Waals surface area contributed by atoms with Crippen LogP contribution in [0.3, 0.4) is 0 Å². The van der Waals surface area contributed by atoms with Crippen LogP contribution in [0.1, 0.15) is 80.1 Å². The van der Waals surface area contributed by atoms with Gasteiger partial charge >= 0.3 is 0 Å². The molecule has 0 aromatic carbocycles. The quantitative estimate of drug-likeness (QED) is 0.699. The normalized spacial score (nSPS) is 22.7. The summed E-state index contributed by atoms with van der Waals surface area (Å²) in [7, 11) is 2.35. The highest BCUT2D eigenvalue weighted by Crippen LogP contribution is 2.37. The smallest absolute Gasteiger partial charge is 0.00928 e. The van der Waals surface area contributed by atoms with Gasteiger partial charge in [-0.15, -0.1) is 0 Å². The molecule has 2 heteroatoms. The summed E-state index contributed by atoms with van der Waals surface area (Å²) in [5.41, 5.74) is 0.976. The predicted octanol–water partition coefficient (Wildman–Crippen LogP) is 4.69. The molecule has 2 nitrogen and oxygen atoms in total. The van der Waals surface area contributed by atoms with Crippen molar-refractivity contribution in [3.8, 4) is 0 Å². The Morgan fingerprint density at radius 1 is 1.24 bits per heavy atom. The van der Waals surface area contributed by atoms with Gasteiger partial charge in [-0.1, -0.05) is 48.0 Å². The first kappa shape index (κ1) is 19.0. The Labute approximate surface area is 134 Å². The van der Waals surface area contributed by atoms with E-state index in [2.05, 4.69) is 58.8 Å². The Hall–Kier alpha value is -0.0800. The highest BCUT2D eigenvalue weighted by Gasteiger charge is 2.32. The van der Waals surface area contributed by atoms with Crippen molar-refractivity contribution in [2.75, 3.05) is 20.1 Å². The number of nitrogens with zero attached hydrogens (tertiary/aromatic N) is 1. The molecule has 0 heterocycles. The predicted molar refractivity (Wildman–Crippen MR) is 94.8 cm³/mol. The summed E-state index contributed by atoms with van der Waals surface area (Å²) in [5, 5.41) is 3.67. The van der Waals surface area contributed by atoms with Crippen LogP contribution >= 0.6 is 0 Å². The van der Waals surface area contributed by atoms with Gasteiger partial charge in [-0.25, -0.2) is 0 Å². The van der Waals surface area contributed by atoms with E-state index in [1.165, 1.54) is 45.1 Å². The molecule has 21 heavy (non-hydrogen) atoms. The molecule has 0 aromatic heterocycles. The maximum Gasteiger partial charge on any atom is 0.00928 e. The fraction of sp³-hybridized carbons (Fsp3) is 1.00. The molecule has 0 aromatic rings. The molecular formula is C19H40N2. The third-order valence-electron chi connectivity index (χ3n) is 5.35. The van der Waals surface area contributed by atoms with Gasteiger partial charge in [0.25, 0.3) is 0 Å². The summed E-state index contributed by atoms with van der Waals surface area (Å²) < 4.78 is 0. The van der Waals surface area contributed by atoms with E-state index in [0.29, 0.717) is 16.9 Å². The maximum atomic E-state index is 3.67. The van der Waals surface area contributed by atoms with Crippen molar-refractivity contribution >= 4 is 0 Å². The molecule has 0 saturated heterocycles. The lowest BCUT2D eigenvalue weighted by molar-refractivity contribution is 0.0840. The SMILES string of the molecule is CCCC(C)(CNC(C)C)CN(C)C1CCC(C)(C)CC1. The molecule has 1 N–H and O–H groups in total. The van der Waals surface area contributed by atoms with Crippen molar-refractivity contribution in [2.45, 2.75) is 92.2 Å². The summed E-state index contributed by atoms with van der Waals surface area (Å²) in [6.45, 7) is 16.5. The van der Waals surface area contributed by atoms with Crippen molar-refractivity contribution < 1.29 is 0 Å². The second kappa shape index (κ2) is 7.97. The Balaban J connectivity index is 2.53. The van der Waals surface area contributed by atoms with Crippen molar-refractivity contribution in [3.05, 3.63) is 0 Å². The van der Waals surface area contributed by atoms with Crippen molar-refractivity contribution in [1.82, 2.24) is 10.2 Å². The van der Waals surface area contributed by atoms with Gasteiger partial charge < -0.3 is 10.2 Å². The summed E-state index contributed by atoms with van der Waals surface area (Å²) in [6, 6.07) is 1.38. The van der Waals surface area contributed by atoms with Crippen molar-refractivity contribution in [2.24, 2.45) is 10.8 Å². The minimum Gasteiger partial charge on any atom is -0.314 e. The molecule has 0 radical (unpaired) electrons. The molecule has 1 saturated carbocycles. The van der Waals surface area contributed by atoms with E-state index in [4.69, 9.17) is 0 Å². The third kappa shape index (κ3) is 6.69. The summed E-state index contributed by atoms with van der Waals surface area (Å²) in [4.78, 5) is 2.66. The first-order valence-corrected chi connectivity index (χ1v) is 9.11. The van der Waals surface area contributed by atoms with E-state index in [1.54, 1.807) is 0 Å². The van der Waals surface area contributed by atoms with Gasteiger partial charge in [-0.3, -0.25) is 0 Å². The van der Waals surface area contributed by atoms with Crippen molar-refractivity contribution in [1.29, 1.82) is 0 Å². The van der Waals surface area contributed by atoms with Gasteiger partial charge in [0.2, 0.25) is 0 Å². The zero-order valence-electron chi connectivity index (χ0n) is 15.8. The lowest BCUT2D eigenvalue weighted by atomic mass is 9.75. The molecule has 126 valence electrons.